The molecule has 24 heavy (non-hydrogen) atoms. The number of nitrogens with one attached hydrogen (secondary N) is 2. The van der Waals surface area contributed by atoms with Crippen LogP contribution >= 0.6 is 0 Å². The molecule has 0 fully saturated rings. The van der Waals surface area contributed by atoms with Crippen LogP contribution in [-0.4, -0.2) is 17.2 Å². The maximum atomic E-state index is 12.2. The SMILES string of the molecule is CC(CC(O)c1ccccc1)NC(=O)NC1CCCc2occc21. The largest absolute Gasteiger partial charge is 0.469 e. The highest BCUT2D eigenvalue weighted by Crippen LogP contribution is 2.30. The van der Waals surface area contributed by atoms with E-state index in [0.717, 1.165) is 36.1 Å². The first-order chi connectivity index (χ1) is 11.6. The lowest BCUT2D eigenvalue weighted by Gasteiger charge is -2.24. The fourth-order valence-electron chi connectivity index (χ4n) is 3.27. The summed E-state index contributed by atoms with van der Waals surface area (Å²) in [6.45, 7) is 1.90. The third-order valence-electron chi connectivity index (χ3n) is 4.50. The Morgan fingerprint density at radius 2 is 2.12 bits per heavy atom. The number of amides is 2. The first-order valence-corrected chi connectivity index (χ1v) is 8.50. The minimum absolute atomic E-state index is 0.00116. The first kappa shape index (κ1) is 16.6. The molecular formula is C19H24N2O3. The second-order valence-corrected chi connectivity index (χ2v) is 6.42. The Morgan fingerprint density at radius 3 is 2.92 bits per heavy atom. The topological polar surface area (TPSA) is 74.5 Å². The maximum Gasteiger partial charge on any atom is 0.315 e. The van der Waals surface area contributed by atoms with Gasteiger partial charge < -0.3 is 20.2 Å². The molecule has 3 rings (SSSR count). The number of hydrogen-bond donors (Lipinski definition) is 3. The molecule has 3 atom stereocenters. The Hall–Kier alpha value is -2.27. The van der Waals surface area contributed by atoms with Gasteiger partial charge in [-0.1, -0.05) is 30.3 Å². The lowest BCUT2D eigenvalue weighted by molar-refractivity contribution is 0.154. The number of aliphatic hydroxyl groups is 1. The van der Waals surface area contributed by atoms with E-state index in [1.807, 2.05) is 43.3 Å². The van der Waals surface area contributed by atoms with Crippen molar-refractivity contribution in [1.82, 2.24) is 10.6 Å². The molecule has 0 aliphatic heterocycles. The van der Waals surface area contributed by atoms with Gasteiger partial charge in [0.2, 0.25) is 0 Å². The molecule has 3 N–H and O–H groups in total. The van der Waals surface area contributed by atoms with E-state index in [1.54, 1.807) is 6.26 Å². The zero-order chi connectivity index (χ0) is 16.9. The van der Waals surface area contributed by atoms with Crippen LogP contribution in [0.1, 0.15) is 55.2 Å². The normalized spacial score (nSPS) is 19.2. The van der Waals surface area contributed by atoms with Crippen LogP contribution in [0, 0.1) is 0 Å². The lowest BCUT2D eigenvalue weighted by Crippen LogP contribution is -2.43. The monoisotopic (exact) mass is 328 g/mol. The fraction of sp³-hybridized carbons (Fsp3) is 0.421. The van der Waals surface area contributed by atoms with Crippen LogP contribution in [0.25, 0.3) is 0 Å². The number of aryl methyl sites for hydroxylation is 1. The molecule has 1 aliphatic carbocycles. The zero-order valence-electron chi connectivity index (χ0n) is 13.9. The van der Waals surface area contributed by atoms with Gasteiger partial charge >= 0.3 is 6.03 Å². The molecule has 1 heterocycles. The highest BCUT2D eigenvalue weighted by Gasteiger charge is 2.24. The molecule has 5 nitrogen and oxygen atoms in total. The van der Waals surface area contributed by atoms with Crippen molar-refractivity contribution in [2.24, 2.45) is 0 Å². The third kappa shape index (κ3) is 3.97. The Bertz CT molecular complexity index is 668. The minimum Gasteiger partial charge on any atom is -0.469 e. The molecule has 1 aromatic carbocycles. The van der Waals surface area contributed by atoms with Crippen LogP contribution in [0.5, 0.6) is 0 Å². The fourth-order valence-corrected chi connectivity index (χ4v) is 3.27. The van der Waals surface area contributed by atoms with Gasteiger partial charge in [0.25, 0.3) is 0 Å². The molecule has 5 heteroatoms. The van der Waals surface area contributed by atoms with Gasteiger partial charge in [0.05, 0.1) is 18.4 Å². The van der Waals surface area contributed by atoms with Crippen LogP contribution in [-0.2, 0) is 6.42 Å². The van der Waals surface area contributed by atoms with Crippen LogP contribution in [0.2, 0.25) is 0 Å². The number of furan rings is 1. The second kappa shape index (κ2) is 7.53. The van der Waals surface area contributed by atoms with E-state index in [9.17, 15) is 9.90 Å². The molecule has 0 spiro atoms. The number of fused-ring (bicyclic) bond motifs is 1. The molecule has 1 aliphatic rings. The quantitative estimate of drug-likeness (QED) is 0.787. The van der Waals surface area contributed by atoms with Gasteiger partial charge in [0, 0.05) is 18.0 Å². The van der Waals surface area contributed by atoms with Crippen molar-refractivity contribution in [2.75, 3.05) is 0 Å². The van der Waals surface area contributed by atoms with Crippen LogP contribution in [0.3, 0.4) is 0 Å². The Morgan fingerprint density at radius 1 is 1.33 bits per heavy atom. The van der Waals surface area contributed by atoms with E-state index in [1.165, 1.54) is 0 Å². The van der Waals surface area contributed by atoms with Gasteiger partial charge in [-0.05, 0) is 37.8 Å². The summed E-state index contributed by atoms with van der Waals surface area (Å²) >= 11 is 0. The summed E-state index contributed by atoms with van der Waals surface area (Å²) in [5.74, 6) is 0.971. The first-order valence-electron chi connectivity index (χ1n) is 8.50. The number of carbonyl (C=O) groups is 1. The van der Waals surface area contributed by atoms with Crippen molar-refractivity contribution in [2.45, 2.75) is 50.8 Å². The van der Waals surface area contributed by atoms with E-state index in [0.29, 0.717) is 6.42 Å². The number of rotatable bonds is 5. The number of benzene rings is 1. The standard InChI is InChI=1S/C19H24N2O3/c1-13(12-17(22)14-6-3-2-4-7-14)20-19(23)21-16-8-5-9-18-15(16)10-11-24-18/h2-4,6-7,10-11,13,16-17,22H,5,8-9,12H2,1H3,(H2,20,21,23). The molecule has 0 bridgehead atoms. The number of urea groups is 1. The van der Waals surface area contributed by atoms with E-state index < -0.39 is 6.10 Å². The zero-order valence-corrected chi connectivity index (χ0v) is 13.9. The Kier molecular flexibility index (Phi) is 5.20. The Balaban J connectivity index is 1.50. The van der Waals surface area contributed by atoms with E-state index >= 15 is 0 Å². The van der Waals surface area contributed by atoms with Gasteiger partial charge in [-0.25, -0.2) is 4.79 Å². The summed E-state index contributed by atoms with van der Waals surface area (Å²) in [6.07, 6.45) is 4.42. The maximum absolute atomic E-state index is 12.2. The van der Waals surface area contributed by atoms with Crippen molar-refractivity contribution in [3.8, 4) is 0 Å². The van der Waals surface area contributed by atoms with Gasteiger partial charge in [-0.15, -0.1) is 0 Å². The number of aliphatic hydroxyl groups excluding tert-OH is 1. The molecule has 2 aromatic rings. The van der Waals surface area contributed by atoms with Gasteiger partial charge in [-0.2, -0.15) is 0 Å². The average Bonchev–Trinajstić information content (AvgIpc) is 3.05. The Labute approximate surface area is 142 Å². The van der Waals surface area contributed by atoms with Crippen molar-refractivity contribution in [3.05, 3.63) is 59.5 Å². The molecular weight excluding hydrogens is 304 g/mol. The number of carbonyl (C=O) groups excluding carboxylic acids is 1. The predicted molar refractivity (Wildman–Crippen MR) is 91.5 cm³/mol. The molecule has 0 radical (unpaired) electrons. The summed E-state index contributed by atoms with van der Waals surface area (Å²) < 4.78 is 5.45. The van der Waals surface area contributed by atoms with E-state index in [-0.39, 0.29) is 18.1 Å². The van der Waals surface area contributed by atoms with Crippen molar-refractivity contribution < 1.29 is 14.3 Å². The molecule has 0 saturated heterocycles. The minimum atomic E-state index is -0.586. The summed E-state index contributed by atoms with van der Waals surface area (Å²) in [6, 6.07) is 11.1. The van der Waals surface area contributed by atoms with Crippen LogP contribution in [0.4, 0.5) is 4.79 Å². The van der Waals surface area contributed by atoms with Gasteiger partial charge in [0.15, 0.2) is 0 Å². The molecule has 0 saturated carbocycles. The van der Waals surface area contributed by atoms with Crippen LogP contribution < -0.4 is 10.6 Å². The van der Waals surface area contributed by atoms with E-state index in [4.69, 9.17) is 4.42 Å². The summed E-state index contributed by atoms with van der Waals surface area (Å²) in [5, 5.41) is 16.2. The highest BCUT2D eigenvalue weighted by molar-refractivity contribution is 5.74. The summed E-state index contributed by atoms with van der Waals surface area (Å²) in [4.78, 5) is 12.2. The lowest BCUT2D eigenvalue weighted by atomic mass is 9.93. The third-order valence-corrected chi connectivity index (χ3v) is 4.50. The predicted octanol–water partition coefficient (Wildman–Crippen LogP) is 3.47. The molecule has 2 amide bonds. The van der Waals surface area contributed by atoms with Gasteiger partial charge in [-0.3, -0.25) is 0 Å². The van der Waals surface area contributed by atoms with Crippen molar-refractivity contribution in [1.29, 1.82) is 0 Å². The average molecular weight is 328 g/mol. The molecule has 1 aromatic heterocycles. The van der Waals surface area contributed by atoms with Crippen LogP contribution in [0.15, 0.2) is 47.1 Å². The molecule has 128 valence electrons. The van der Waals surface area contributed by atoms with Gasteiger partial charge in [0.1, 0.15) is 5.76 Å². The second-order valence-electron chi connectivity index (χ2n) is 6.42. The van der Waals surface area contributed by atoms with Crippen molar-refractivity contribution >= 4 is 6.03 Å². The summed E-state index contributed by atoms with van der Waals surface area (Å²) in [5.41, 5.74) is 1.94. The highest BCUT2D eigenvalue weighted by atomic mass is 16.3. The summed E-state index contributed by atoms with van der Waals surface area (Å²) in [7, 11) is 0. The smallest absolute Gasteiger partial charge is 0.315 e. The number of hydrogen-bond acceptors (Lipinski definition) is 3. The molecule has 3 unspecified atom stereocenters. The van der Waals surface area contributed by atoms with Crippen molar-refractivity contribution in [3.63, 3.8) is 0 Å². The van der Waals surface area contributed by atoms with E-state index in [2.05, 4.69) is 10.6 Å².